The predicted octanol–water partition coefficient (Wildman–Crippen LogP) is 1.82. The highest BCUT2D eigenvalue weighted by atomic mass is 16.2. The maximum absolute atomic E-state index is 12.1. The van der Waals surface area contributed by atoms with Crippen molar-refractivity contribution in [1.82, 2.24) is 5.43 Å². The van der Waals surface area contributed by atoms with Crippen LogP contribution in [0.1, 0.15) is 17.0 Å². The van der Waals surface area contributed by atoms with Crippen LogP contribution in [0.4, 0.5) is 0 Å². The molecule has 20 heavy (non-hydrogen) atoms. The van der Waals surface area contributed by atoms with Gasteiger partial charge in [-0.25, -0.2) is 5.43 Å². The van der Waals surface area contributed by atoms with Crippen molar-refractivity contribution >= 4 is 11.7 Å². The van der Waals surface area contributed by atoms with Crippen molar-refractivity contribution in [3.8, 4) is 11.1 Å². The monoisotopic (exact) mass is 263 g/mol. The molecule has 2 aromatic carbocycles. The van der Waals surface area contributed by atoms with Crippen LogP contribution in [0.25, 0.3) is 11.1 Å². The first-order valence-electron chi connectivity index (χ1n) is 6.58. The molecule has 98 valence electrons. The molecule has 1 unspecified atom stereocenters. The van der Waals surface area contributed by atoms with Crippen LogP contribution in [0.3, 0.4) is 0 Å². The van der Waals surface area contributed by atoms with E-state index in [1.165, 1.54) is 11.1 Å². The minimum absolute atomic E-state index is 0.0475. The van der Waals surface area contributed by atoms with Crippen LogP contribution < -0.4 is 11.2 Å². The van der Waals surface area contributed by atoms with E-state index in [0.29, 0.717) is 5.84 Å². The predicted molar refractivity (Wildman–Crippen MR) is 77.0 cm³/mol. The molecule has 0 radical (unpaired) electrons. The van der Waals surface area contributed by atoms with Gasteiger partial charge < -0.3 is 5.73 Å². The average Bonchev–Trinajstić information content (AvgIpc) is 2.97. The lowest BCUT2D eigenvalue weighted by Gasteiger charge is -2.18. The molecule has 0 aromatic heterocycles. The summed E-state index contributed by atoms with van der Waals surface area (Å²) in [6, 6.07) is 16.4. The number of benzene rings is 2. The largest absolute Gasteiger partial charge is 0.385 e. The summed E-state index contributed by atoms with van der Waals surface area (Å²) in [6.07, 6.45) is 0. The van der Waals surface area contributed by atoms with E-state index in [1.807, 2.05) is 24.3 Å². The Morgan fingerprint density at radius 3 is 1.95 bits per heavy atom. The van der Waals surface area contributed by atoms with Crippen molar-refractivity contribution in [3.63, 3.8) is 0 Å². The first kappa shape index (κ1) is 11.2. The second-order valence-electron chi connectivity index (χ2n) is 5.14. The van der Waals surface area contributed by atoms with Gasteiger partial charge in [-0.2, -0.15) is 5.10 Å². The van der Waals surface area contributed by atoms with Crippen LogP contribution in [0.2, 0.25) is 0 Å². The molecule has 1 aliphatic carbocycles. The molecule has 0 spiro atoms. The zero-order chi connectivity index (χ0) is 13.7. The highest BCUT2D eigenvalue weighted by Gasteiger charge is 2.42. The third-order valence-electron chi connectivity index (χ3n) is 4.11. The first-order valence-corrected chi connectivity index (χ1v) is 6.58. The Balaban J connectivity index is 1.96. The number of amides is 1. The fourth-order valence-corrected chi connectivity index (χ4v) is 3.27. The normalized spacial score (nSPS) is 20.3. The van der Waals surface area contributed by atoms with Gasteiger partial charge in [0.15, 0.2) is 0 Å². The lowest BCUT2D eigenvalue weighted by atomic mass is 9.83. The van der Waals surface area contributed by atoms with Gasteiger partial charge in [0.2, 0.25) is 0 Å². The molecule has 0 saturated heterocycles. The van der Waals surface area contributed by atoms with Crippen LogP contribution in [-0.2, 0) is 4.79 Å². The minimum Gasteiger partial charge on any atom is -0.385 e. The van der Waals surface area contributed by atoms with Gasteiger partial charge in [-0.15, -0.1) is 0 Å². The molecule has 2 aliphatic rings. The van der Waals surface area contributed by atoms with E-state index in [4.69, 9.17) is 5.73 Å². The standard InChI is InChI=1S/C16H13N3O/c17-15-14(16(20)19-18-15)13-11-7-3-1-5-9(11)10-6-2-4-8-12(10)13/h1-8,13-14H,(H2,17,18)(H,19,20). The zero-order valence-electron chi connectivity index (χ0n) is 10.7. The molecule has 2 aromatic rings. The van der Waals surface area contributed by atoms with Gasteiger partial charge in [0.05, 0.1) is 0 Å². The SMILES string of the molecule is NC1=NNC(=O)C1C1c2ccccc2-c2ccccc21. The Labute approximate surface area is 116 Å². The summed E-state index contributed by atoms with van der Waals surface area (Å²) in [4.78, 5) is 12.1. The highest BCUT2D eigenvalue weighted by Crippen LogP contribution is 2.48. The molecule has 1 heterocycles. The maximum atomic E-state index is 12.1. The number of nitrogens with one attached hydrogen (secondary N) is 1. The van der Waals surface area contributed by atoms with Gasteiger partial charge in [0.25, 0.3) is 5.91 Å². The minimum atomic E-state index is -0.417. The van der Waals surface area contributed by atoms with Gasteiger partial charge in [-0.05, 0) is 22.3 Å². The number of nitrogens with zero attached hydrogens (tertiary/aromatic N) is 1. The molecule has 4 rings (SSSR count). The molecular weight excluding hydrogens is 250 g/mol. The molecule has 4 heteroatoms. The van der Waals surface area contributed by atoms with Crippen LogP contribution in [0.15, 0.2) is 53.6 Å². The molecule has 0 saturated carbocycles. The summed E-state index contributed by atoms with van der Waals surface area (Å²) in [6.45, 7) is 0. The lowest BCUT2D eigenvalue weighted by Crippen LogP contribution is -2.32. The summed E-state index contributed by atoms with van der Waals surface area (Å²) in [7, 11) is 0. The topological polar surface area (TPSA) is 67.5 Å². The highest BCUT2D eigenvalue weighted by molar-refractivity contribution is 6.08. The van der Waals surface area contributed by atoms with Gasteiger partial charge in [-0.1, -0.05) is 48.5 Å². The lowest BCUT2D eigenvalue weighted by molar-refractivity contribution is -0.122. The van der Waals surface area contributed by atoms with Crippen molar-refractivity contribution in [2.45, 2.75) is 5.92 Å². The van der Waals surface area contributed by atoms with Crippen molar-refractivity contribution in [1.29, 1.82) is 0 Å². The van der Waals surface area contributed by atoms with Crippen molar-refractivity contribution < 1.29 is 4.79 Å². The molecule has 4 nitrogen and oxygen atoms in total. The van der Waals surface area contributed by atoms with Crippen LogP contribution in [0.5, 0.6) is 0 Å². The Morgan fingerprint density at radius 1 is 0.900 bits per heavy atom. The summed E-state index contributed by atoms with van der Waals surface area (Å²) >= 11 is 0. The molecular formula is C16H13N3O. The van der Waals surface area contributed by atoms with Crippen molar-refractivity contribution in [2.75, 3.05) is 0 Å². The zero-order valence-corrected chi connectivity index (χ0v) is 10.7. The number of hydrogen-bond acceptors (Lipinski definition) is 3. The van der Waals surface area contributed by atoms with E-state index in [1.54, 1.807) is 0 Å². The van der Waals surface area contributed by atoms with Crippen molar-refractivity contribution in [3.05, 3.63) is 59.7 Å². The fraction of sp³-hybridized carbons (Fsp3) is 0.125. The van der Waals surface area contributed by atoms with Crippen LogP contribution >= 0.6 is 0 Å². The van der Waals surface area contributed by atoms with Crippen LogP contribution in [0, 0.1) is 5.92 Å². The van der Waals surface area contributed by atoms with E-state index in [2.05, 4.69) is 34.8 Å². The second kappa shape index (κ2) is 3.93. The quantitative estimate of drug-likeness (QED) is 0.824. The molecule has 0 fully saturated rings. The average molecular weight is 263 g/mol. The molecule has 3 N–H and O–H groups in total. The third kappa shape index (κ3) is 1.36. The van der Waals surface area contributed by atoms with Gasteiger partial charge in [-0.3, -0.25) is 4.79 Å². The Hall–Kier alpha value is -2.62. The number of hydrogen-bond donors (Lipinski definition) is 2. The summed E-state index contributed by atoms with van der Waals surface area (Å²) < 4.78 is 0. The fourth-order valence-electron chi connectivity index (χ4n) is 3.27. The third-order valence-corrected chi connectivity index (χ3v) is 4.11. The number of rotatable bonds is 1. The number of fused-ring (bicyclic) bond motifs is 3. The van der Waals surface area contributed by atoms with E-state index >= 15 is 0 Å². The van der Waals surface area contributed by atoms with E-state index < -0.39 is 5.92 Å². The van der Waals surface area contributed by atoms with Gasteiger partial charge in [0.1, 0.15) is 11.8 Å². The Bertz CT molecular complexity index is 705. The molecule has 1 amide bonds. The molecule has 1 atom stereocenters. The maximum Gasteiger partial charge on any atom is 0.251 e. The summed E-state index contributed by atoms with van der Waals surface area (Å²) in [5.41, 5.74) is 13.1. The number of carbonyl (C=O) groups is 1. The second-order valence-corrected chi connectivity index (χ2v) is 5.14. The van der Waals surface area contributed by atoms with Gasteiger partial charge >= 0.3 is 0 Å². The van der Waals surface area contributed by atoms with Gasteiger partial charge in [0, 0.05) is 5.92 Å². The smallest absolute Gasteiger partial charge is 0.251 e. The molecule has 0 bridgehead atoms. The number of carbonyl (C=O) groups excluding carboxylic acids is 1. The number of amidine groups is 1. The van der Waals surface area contributed by atoms with Crippen LogP contribution in [-0.4, -0.2) is 11.7 Å². The Morgan fingerprint density at radius 2 is 1.45 bits per heavy atom. The first-order chi connectivity index (χ1) is 9.77. The summed E-state index contributed by atoms with van der Waals surface area (Å²) in [5, 5.41) is 3.88. The number of nitrogens with two attached hydrogens (primary N) is 1. The van der Waals surface area contributed by atoms with E-state index in [-0.39, 0.29) is 11.8 Å². The Kier molecular flexibility index (Phi) is 2.21. The van der Waals surface area contributed by atoms with Crippen molar-refractivity contribution in [2.24, 2.45) is 16.8 Å². The summed E-state index contributed by atoms with van der Waals surface area (Å²) in [5.74, 6) is -0.223. The molecule has 1 aliphatic heterocycles. The van der Waals surface area contributed by atoms with E-state index in [0.717, 1.165) is 11.1 Å². The van der Waals surface area contributed by atoms with E-state index in [9.17, 15) is 4.79 Å². The number of hydrazone groups is 1.